The Balaban J connectivity index is 1.43. The van der Waals surface area contributed by atoms with Crippen LogP contribution in [-0.2, 0) is 6.42 Å². The summed E-state index contributed by atoms with van der Waals surface area (Å²) < 4.78 is 39.5. The van der Waals surface area contributed by atoms with E-state index in [0.717, 1.165) is 12.1 Å². The van der Waals surface area contributed by atoms with Gasteiger partial charge in [0, 0.05) is 25.1 Å². The van der Waals surface area contributed by atoms with E-state index in [4.69, 9.17) is 4.52 Å². The number of piperidine rings is 1. The Morgan fingerprint density at radius 2 is 1.97 bits per heavy atom. The van der Waals surface area contributed by atoms with Gasteiger partial charge in [0.2, 0.25) is 11.7 Å². The summed E-state index contributed by atoms with van der Waals surface area (Å²) in [5, 5.41) is 17.5. The summed E-state index contributed by atoms with van der Waals surface area (Å²) in [6, 6.07) is 3.71. The number of carboxylic acid groups (broad SMARTS) is 1. The molecule has 4 aromatic rings. The van der Waals surface area contributed by atoms with Gasteiger partial charge < -0.3 is 24.3 Å². The molecule has 1 saturated heterocycles. The topological polar surface area (TPSA) is 139 Å². The van der Waals surface area contributed by atoms with Crippen LogP contribution in [-0.4, -0.2) is 61.0 Å². The van der Waals surface area contributed by atoms with Gasteiger partial charge in [0.15, 0.2) is 17.4 Å². The second-order valence-corrected chi connectivity index (χ2v) is 8.20. The lowest BCUT2D eigenvalue weighted by Gasteiger charge is -2.30. The minimum Gasteiger partial charge on any atom is -0.491 e. The first-order chi connectivity index (χ1) is 16.8. The van der Waals surface area contributed by atoms with Crippen molar-refractivity contribution < 1.29 is 27.9 Å². The third kappa shape index (κ3) is 4.20. The number of amides is 1. The number of fused-ring (bicyclic) bond motifs is 1. The van der Waals surface area contributed by atoms with Crippen LogP contribution in [0.4, 0.5) is 13.6 Å². The standard InChI is InChI=1S/C22H20F2N6O5/c1-34-19-14(23)6-11(7-15(19)24)8-18-27-20(28-35-18)13-10-25-30-16(9-17(31)26-21(13)30)12-2-4-29(5-3-12)22(32)33/h6-7,9-10,12H,2-5,8H2,1H3,(H,26,31)(H,32,33). The molecule has 0 radical (unpaired) electrons. The highest BCUT2D eigenvalue weighted by molar-refractivity contribution is 5.72. The molecule has 1 fully saturated rings. The summed E-state index contributed by atoms with van der Waals surface area (Å²) in [5.41, 5.74) is 1.37. The van der Waals surface area contributed by atoms with Crippen LogP contribution in [0.3, 0.4) is 0 Å². The van der Waals surface area contributed by atoms with Crippen molar-refractivity contribution in [1.29, 1.82) is 0 Å². The van der Waals surface area contributed by atoms with Gasteiger partial charge >= 0.3 is 6.09 Å². The monoisotopic (exact) mass is 486 g/mol. The van der Waals surface area contributed by atoms with Gasteiger partial charge in [0.1, 0.15) is 5.65 Å². The highest BCUT2D eigenvalue weighted by Gasteiger charge is 2.27. The quantitative estimate of drug-likeness (QED) is 0.439. The zero-order chi connectivity index (χ0) is 24.7. The maximum Gasteiger partial charge on any atom is 0.407 e. The third-order valence-corrected chi connectivity index (χ3v) is 6.04. The van der Waals surface area contributed by atoms with Gasteiger partial charge in [-0.2, -0.15) is 10.1 Å². The zero-order valence-corrected chi connectivity index (χ0v) is 18.5. The van der Waals surface area contributed by atoms with E-state index < -0.39 is 23.5 Å². The number of H-pyrrole nitrogens is 1. The van der Waals surface area contributed by atoms with Gasteiger partial charge in [0.05, 0.1) is 31.0 Å². The molecule has 0 bridgehead atoms. The molecule has 5 rings (SSSR count). The molecular weight excluding hydrogens is 466 g/mol. The fourth-order valence-electron chi connectivity index (χ4n) is 4.35. The van der Waals surface area contributed by atoms with Crippen LogP contribution >= 0.6 is 0 Å². The third-order valence-electron chi connectivity index (χ3n) is 6.04. The highest BCUT2D eigenvalue weighted by Crippen LogP contribution is 2.30. The summed E-state index contributed by atoms with van der Waals surface area (Å²) in [6.07, 6.45) is 1.62. The van der Waals surface area contributed by atoms with E-state index in [9.17, 15) is 23.5 Å². The lowest BCUT2D eigenvalue weighted by atomic mass is 9.93. The molecule has 11 nitrogen and oxygen atoms in total. The number of benzene rings is 1. The Morgan fingerprint density at radius 1 is 1.26 bits per heavy atom. The van der Waals surface area contributed by atoms with E-state index in [2.05, 4.69) is 25.0 Å². The summed E-state index contributed by atoms with van der Waals surface area (Å²) >= 11 is 0. The summed E-state index contributed by atoms with van der Waals surface area (Å²) in [5.74, 6) is -1.95. The average molecular weight is 486 g/mol. The number of halogens is 2. The fraction of sp³-hybridized carbons (Fsp3) is 0.318. The second-order valence-electron chi connectivity index (χ2n) is 8.20. The molecular formula is C22H20F2N6O5. The van der Waals surface area contributed by atoms with E-state index in [1.807, 2.05) is 0 Å². The van der Waals surface area contributed by atoms with Crippen LogP contribution < -0.4 is 10.3 Å². The molecule has 1 aliphatic rings. The summed E-state index contributed by atoms with van der Waals surface area (Å²) in [7, 11) is 1.18. The molecule has 35 heavy (non-hydrogen) atoms. The lowest BCUT2D eigenvalue weighted by molar-refractivity contribution is 0.131. The Morgan fingerprint density at radius 3 is 2.63 bits per heavy atom. The first-order valence-electron chi connectivity index (χ1n) is 10.8. The number of aromatic nitrogens is 5. The maximum atomic E-state index is 14.0. The Labute approximate surface area is 195 Å². The minimum absolute atomic E-state index is 0.0199. The number of likely N-dealkylation sites (tertiary alicyclic amines) is 1. The average Bonchev–Trinajstić information content (AvgIpc) is 3.45. The number of methoxy groups -OCH3 is 1. The molecule has 4 heterocycles. The summed E-state index contributed by atoms with van der Waals surface area (Å²) in [4.78, 5) is 32.0. The maximum absolute atomic E-state index is 14.0. The highest BCUT2D eigenvalue weighted by atomic mass is 19.1. The van der Waals surface area contributed by atoms with Crippen molar-refractivity contribution in [2.24, 2.45) is 0 Å². The van der Waals surface area contributed by atoms with Crippen LogP contribution in [0.25, 0.3) is 17.0 Å². The second kappa shape index (κ2) is 8.81. The smallest absolute Gasteiger partial charge is 0.407 e. The van der Waals surface area contributed by atoms with Crippen molar-refractivity contribution >= 4 is 11.7 Å². The number of aromatic amines is 1. The molecule has 2 N–H and O–H groups in total. The van der Waals surface area contributed by atoms with Crippen LogP contribution in [0.2, 0.25) is 0 Å². The normalized spacial score (nSPS) is 14.5. The molecule has 0 atom stereocenters. The Kier molecular flexibility index (Phi) is 5.67. The number of ether oxygens (including phenoxy) is 1. The zero-order valence-electron chi connectivity index (χ0n) is 18.5. The number of hydrogen-bond donors (Lipinski definition) is 2. The van der Waals surface area contributed by atoms with Crippen LogP contribution in [0.1, 0.15) is 35.9 Å². The van der Waals surface area contributed by atoms with E-state index in [-0.39, 0.29) is 35.2 Å². The van der Waals surface area contributed by atoms with Gasteiger partial charge in [-0.15, -0.1) is 0 Å². The first-order valence-corrected chi connectivity index (χ1v) is 10.8. The molecule has 1 aromatic carbocycles. The molecule has 0 unspecified atom stereocenters. The lowest BCUT2D eigenvalue weighted by Crippen LogP contribution is -2.37. The first kappa shape index (κ1) is 22.5. The molecule has 1 aliphatic heterocycles. The largest absolute Gasteiger partial charge is 0.491 e. The molecule has 3 aromatic heterocycles. The van der Waals surface area contributed by atoms with Gasteiger partial charge in [-0.25, -0.2) is 18.1 Å². The van der Waals surface area contributed by atoms with Gasteiger partial charge in [-0.3, -0.25) is 4.79 Å². The van der Waals surface area contributed by atoms with Crippen molar-refractivity contribution in [2.75, 3.05) is 20.2 Å². The van der Waals surface area contributed by atoms with Crippen molar-refractivity contribution in [3.63, 3.8) is 0 Å². The molecule has 0 spiro atoms. The summed E-state index contributed by atoms with van der Waals surface area (Å²) in [6.45, 7) is 0.729. The van der Waals surface area contributed by atoms with E-state index in [1.54, 1.807) is 4.52 Å². The van der Waals surface area contributed by atoms with E-state index in [0.29, 0.717) is 42.8 Å². The van der Waals surface area contributed by atoms with Gasteiger partial charge in [-0.05, 0) is 30.5 Å². The SMILES string of the molecule is COc1c(F)cc(Cc2nc(-c3cnn4c(C5CCN(C(=O)O)CC5)cc(=O)[nH]c34)no2)cc1F. The van der Waals surface area contributed by atoms with Gasteiger partial charge in [0.25, 0.3) is 5.56 Å². The number of carbonyl (C=O) groups is 1. The molecule has 13 heteroatoms. The molecule has 0 saturated carbocycles. The van der Waals surface area contributed by atoms with Crippen LogP contribution in [0.5, 0.6) is 5.75 Å². The minimum atomic E-state index is -0.964. The Bertz CT molecular complexity index is 1450. The van der Waals surface area contributed by atoms with Gasteiger partial charge in [-0.1, -0.05) is 5.16 Å². The predicted molar refractivity (Wildman–Crippen MR) is 116 cm³/mol. The van der Waals surface area contributed by atoms with Crippen LogP contribution in [0.15, 0.2) is 33.7 Å². The van der Waals surface area contributed by atoms with Crippen molar-refractivity contribution in [3.05, 3.63) is 63.5 Å². The Hall–Kier alpha value is -4.29. The number of nitrogens with zero attached hydrogens (tertiary/aromatic N) is 5. The van der Waals surface area contributed by atoms with Crippen molar-refractivity contribution in [1.82, 2.24) is 29.6 Å². The van der Waals surface area contributed by atoms with Crippen LogP contribution in [0, 0.1) is 11.6 Å². The number of nitrogens with one attached hydrogen (secondary N) is 1. The van der Waals surface area contributed by atoms with Crippen molar-refractivity contribution in [3.8, 4) is 17.1 Å². The molecule has 0 aliphatic carbocycles. The molecule has 182 valence electrons. The fourth-order valence-corrected chi connectivity index (χ4v) is 4.35. The predicted octanol–water partition coefficient (Wildman–Crippen LogP) is 2.81. The number of rotatable bonds is 5. The molecule has 1 amide bonds. The number of hydrogen-bond acceptors (Lipinski definition) is 7. The van der Waals surface area contributed by atoms with E-state index in [1.165, 1.54) is 24.3 Å². The van der Waals surface area contributed by atoms with E-state index >= 15 is 0 Å². The van der Waals surface area contributed by atoms with Crippen molar-refractivity contribution in [2.45, 2.75) is 25.2 Å².